The lowest BCUT2D eigenvalue weighted by Crippen LogP contribution is -2.10. The molecule has 1 aliphatic carbocycles. The largest absolute Gasteiger partial charge is 0.496 e. The number of ether oxygens (including phenoxy) is 1. The number of methoxy groups -OCH3 is 1. The van der Waals surface area contributed by atoms with Crippen molar-refractivity contribution in [2.75, 3.05) is 7.11 Å². The number of aryl methyl sites for hydroxylation is 1. The minimum absolute atomic E-state index is 0.368. The summed E-state index contributed by atoms with van der Waals surface area (Å²) in [4.78, 5) is 11.1. The lowest BCUT2D eigenvalue weighted by Gasteiger charge is -2.25. The molecule has 0 atom stereocenters. The van der Waals surface area contributed by atoms with Gasteiger partial charge in [0, 0.05) is 6.08 Å². The third kappa shape index (κ3) is 3.41. The van der Waals surface area contributed by atoms with Gasteiger partial charge in [0.2, 0.25) is 0 Å². The van der Waals surface area contributed by atoms with Gasteiger partial charge >= 0.3 is 5.97 Å². The lowest BCUT2D eigenvalue weighted by molar-refractivity contribution is -0.131. The number of rotatable bonds is 4. The second-order valence-electron chi connectivity index (χ2n) is 5.46. The Balaban J connectivity index is 2.35. The van der Waals surface area contributed by atoms with Crippen LogP contribution in [0.5, 0.6) is 5.75 Å². The van der Waals surface area contributed by atoms with Crippen LogP contribution in [0, 0.1) is 12.8 Å². The smallest absolute Gasteiger partial charge is 0.328 e. The monoisotopic (exact) mass is 274 g/mol. The highest BCUT2D eigenvalue weighted by Gasteiger charge is 2.20. The molecule has 0 radical (unpaired) electrons. The van der Waals surface area contributed by atoms with E-state index in [0.29, 0.717) is 5.92 Å². The molecule has 3 heteroatoms. The molecule has 20 heavy (non-hydrogen) atoms. The van der Waals surface area contributed by atoms with E-state index in [4.69, 9.17) is 9.84 Å². The van der Waals surface area contributed by atoms with Crippen LogP contribution in [0.15, 0.2) is 24.3 Å². The van der Waals surface area contributed by atoms with Crippen LogP contribution in [-0.4, -0.2) is 18.2 Å². The number of benzene rings is 1. The van der Waals surface area contributed by atoms with Gasteiger partial charge in [0.05, 0.1) is 7.11 Å². The Morgan fingerprint density at radius 3 is 2.55 bits per heavy atom. The van der Waals surface area contributed by atoms with E-state index in [0.717, 1.165) is 35.3 Å². The van der Waals surface area contributed by atoms with Gasteiger partial charge in [-0.3, -0.25) is 0 Å². The number of aliphatic carboxylic acids is 1. The van der Waals surface area contributed by atoms with E-state index >= 15 is 0 Å². The predicted molar refractivity (Wildman–Crippen MR) is 79.9 cm³/mol. The van der Waals surface area contributed by atoms with Crippen molar-refractivity contribution in [3.05, 3.63) is 35.4 Å². The van der Waals surface area contributed by atoms with Crippen LogP contribution in [0.1, 0.15) is 43.2 Å². The van der Waals surface area contributed by atoms with Crippen molar-refractivity contribution in [3.63, 3.8) is 0 Å². The van der Waals surface area contributed by atoms with Crippen LogP contribution in [0.2, 0.25) is 0 Å². The van der Waals surface area contributed by atoms with Crippen molar-refractivity contribution >= 4 is 11.5 Å². The molecule has 1 aromatic rings. The number of carboxylic acids is 1. The molecule has 1 N–H and O–H groups in total. The fraction of sp³-hybridized carbons (Fsp3) is 0.471. The molecule has 0 heterocycles. The maximum atomic E-state index is 11.1. The normalized spacial score (nSPS) is 17.0. The van der Waals surface area contributed by atoms with Crippen molar-refractivity contribution in [1.29, 1.82) is 0 Å². The van der Waals surface area contributed by atoms with E-state index in [9.17, 15) is 4.79 Å². The van der Waals surface area contributed by atoms with E-state index in [-0.39, 0.29) is 0 Å². The summed E-state index contributed by atoms with van der Waals surface area (Å²) in [5.41, 5.74) is 3.01. The van der Waals surface area contributed by atoms with Crippen LogP contribution in [0.4, 0.5) is 0 Å². The highest BCUT2D eigenvalue weighted by Crippen LogP contribution is 2.36. The zero-order valence-corrected chi connectivity index (χ0v) is 12.2. The SMILES string of the molecule is COc1ccc(/C(=C/C(=O)O)C2CCCCC2)cc1C. The van der Waals surface area contributed by atoms with Gasteiger partial charge in [0.1, 0.15) is 5.75 Å². The molecule has 2 rings (SSSR count). The van der Waals surface area contributed by atoms with Gasteiger partial charge < -0.3 is 9.84 Å². The molecule has 0 unspecified atom stereocenters. The molecule has 0 saturated heterocycles. The first-order valence-electron chi connectivity index (χ1n) is 7.21. The Kier molecular flexibility index (Phi) is 4.83. The van der Waals surface area contributed by atoms with Gasteiger partial charge in [-0.05, 0) is 54.5 Å². The van der Waals surface area contributed by atoms with Gasteiger partial charge in [-0.25, -0.2) is 4.79 Å². The molecule has 1 aromatic carbocycles. The Morgan fingerprint density at radius 1 is 1.30 bits per heavy atom. The fourth-order valence-corrected chi connectivity index (χ4v) is 3.04. The fourth-order valence-electron chi connectivity index (χ4n) is 3.04. The van der Waals surface area contributed by atoms with Gasteiger partial charge in [0.15, 0.2) is 0 Å². The van der Waals surface area contributed by atoms with Crippen LogP contribution >= 0.6 is 0 Å². The van der Waals surface area contributed by atoms with Crippen molar-refractivity contribution in [3.8, 4) is 5.75 Å². The summed E-state index contributed by atoms with van der Waals surface area (Å²) < 4.78 is 5.27. The first-order chi connectivity index (χ1) is 9.61. The summed E-state index contributed by atoms with van der Waals surface area (Å²) in [6.07, 6.45) is 7.21. The second-order valence-corrected chi connectivity index (χ2v) is 5.46. The molecule has 0 spiro atoms. The standard InChI is InChI=1S/C17H22O3/c1-12-10-14(8-9-16(12)20-2)15(11-17(18)19)13-6-4-3-5-7-13/h8-11,13H,3-7H2,1-2H3,(H,18,19)/b15-11+. The average molecular weight is 274 g/mol. The first-order valence-corrected chi connectivity index (χ1v) is 7.21. The molecule has 3 nitrogen and oxygen atoms in total. The molecular formula is C17H22O3. The second kappa shape index (κ2) is 6.60. The zero-order chi connectivity index (χ0) is 14.5. The van der Waals surface area contributed by atoms with Gasteiger partial charge in [-0.1, -0.05) is 25.3 Å². The van der Waals surface area contributed by atoms with Crippen LogP contribution in [-0.2, 0) is 4.79 Å². The quantitative estimate of drug-likeness (QED) is 0.842. The van der Waals surface area contributed by atoms with Crippen molar-refractivity contribution in [2.45, 2.75) is 39.0 Å². The minimum atomic E-state index is -0.862. The van der Waals surface area contributed by atoms with Crippen LogP contribution < -0.4 is 4.74 Å². The molecular weight excluding hydrogens is 252 g/mol. The number of hydrogen-bond acceptors (Lipinski definition) is 2. The van der Waals surface area contributed by atoms with Gasteiger partial charge in [0.25, 0.3) is 0 Å². The highest BCUT2D eigenvalue weighted by atomic mass is 16.5. The number of allylic oxidation sites excluding steroid dienone is 1. The molecule has 0 aromatic heterocycles. The number of carboxylic acid groups (broad SMARTS) is 1. The van der Waals surface area contributed by atoms with Gasteiger partial charge in [-0.2, -0.15) is 0 Å². The highest BCUT2D eigenvalue weighted by molar-refractivity contribution is 5.90. The number of hydrogen-bond donors (Lipinski definition) is 1. The molecule has 0 amide bonds. The summed E-state index contributed by atoms with van der Waals surface area (Å²) in [6, 6.07) is 5.92. The maximum Gasteiger partial charge on any atom is 0.328 e. The predicted octanol–water partition coefficient (Wildman–Crippen LogP) is 4.05. The van der Waals surface area contributed by atoms with E-state index in [1.165, 1.54) is 25.3 Å². The summed E-state index contributed by atoms with van der Waals surface area (Å²) in [7, 11) is 1.65. The van der Waals surface area contributed by atoms with Crippen LogP contribution in [0.25, 0.3) is 5.57 Å². The van der Waals surface area contributed by atoms with E-state index < -0.39 is 5.97 Å². The van der Waals surface area contributed by atoms with Crippen molar-refractivity contribution in [2.24, 2.45) is 5.92 Å². The third-order valence-electron chi connectivity index (χ3n) is 4.05. The number of carbonyl (C=O) groups is 1. The molecule has 0 aliphatic heterocycles. The topological polar surface area (TPSA) is 46.5 Å². The summed E-state index contributed by atoms with van der Waals surface area (Å²) in [6.45, 7) is 1.99. The molecule has 108 valence electrons. The van der Waals surface area contributed by atoms with Gasteiger partial charge in [-0.15, -0.1) is 0 Å². The first kappa shape index (κ1) is 14.6. The average Bonchev–Trinajstić information content (AvgIpc) is 2.45. The lowest BCUT2D eigenvalue weighted by atomic mass is 9.80. The van der Waals surface area contributed by atoms with Crippen molar-refractivity contribution in [1.82, 2.24) is 0 Å². The Labute approximate surface area is 120 Å². The van der Waals surface area contributed by atoms with Crippen molar-refractivity contribution < 1.29 is 14.6 Å². The molecule has 0 bridgehead atoms. The summed E-state index contributed by atoms with van der Waals surface area (Å²) in [5, 5.41) is 9.14. The summed E-state index contributed by atoms with van der Waals surface area (Å²) in [5.74, 6) is 0.346. The maximum absolute atomic E-state index is 11.1. The Hall–Kier alpha value is -1.77. The third-order valence-corrected chi connectivity index (χ3v) is 4.05. The Bertz CT molecular complexity index is 511. The molecule has 1 fully saturated rings. The molecule has 1 aliphatic rings. The minimum Gasteiger partial charge on any atom is -0.496 e. The van der Waals surface area contributed by atoms with Crippen LogP contribution in [0.3, 0.4) is 0 Å². The Morgan fingerprint density at radius 2 is 2.00 bits per heavy atom. The summed E-state index contributed by atoms with van der Waals surface area (Å²) >= 11 is 0. The molecule has 1 saturated carbocycles. The van der Waals surface area contributed by atoms with E-state index in [1.807, 2.05) is 25.1 Å². The van der Waals surface area contributed by atoms with E-state index in [2.05, 4.69) is 0 Å². The zero-order valence-electron chi connectivity index (χ0n) is 12.2. The van der Waals surface area contributed by atoms with E-state index in [1.54, 1.807) is 7.11 Å².